The maximum atomic E-state index is 12.0. The summed E-state index contributed by atoms with van der Waals surface area (Å²) in [5.74, 6) is 0.318. The second kappa shape index (κ2) is 6.86. The average Bonchev–Trinajstić information content (AvgIpc) is 3.18. The first kappa shape index (κ1) is 15.5. The zero-order valence-corrected chi connectivity index (χ0v) is 14.5. The average molecular weight is 360 g/mol. The van der Waals surface area contributed by atoms with Crippen molar-refractivity contribution in [3.63, 3.8) is 0 Å². The Morgan fingerprint density at radius 1 is 1.38 bits per heavy atom. The molecule has 1 saturated carbocycles. The van der Waals surface area contributed by atoms with E-state index in [-0.39, 0.29) is 5.91 Å². The molecule has 1 aromatic carbocycles. The van der Waals surface area contributed by atoms with Crippen LogP contribution in [0.25, 0.3) is 10.2 Å². The SMILES string of the molecule is O=C(CSc1nnnn1C1CC1)NCCc1nc2ccccc2s1. The van der Waals surface area contributed by atoms with Gasteiger partial charge in [0.25, 0.3) is 0 Å². The van der Waals surface area contributed by atoms with E-state index in [0.717, 1.165) is 34.9 Å². The normalized spacial score (nSPS) is 14.2. The van der Waals surface area contributed by atoms with Crippen LogP contribution in [0.4, 0.5) is 0 Å². The van der Waals surface area contributed by atoms with Crippen molar-refractivity contribution < 1.29 is 4.79 Å². The van der Waals surface area contributed by atoms with Crippen molar-refractivity contribution in [1.29, 1.82) is 0 Å². The number of para-hydroxylation sites is 1. The predicted molar refractivity (Wildman–Crippen MR) is 93.1 cm³/mol. The van der Waals surface area contributed by atoms with E-state index in [9.17, 15) is 4.79 Å². The Morgan fingerprint density at radius 2 is 2.25 bits per heavy atom. The van der Waals surface area contributed by atoms with Crippen LogP contribution in [0, 0.1) is 0 Å². The number of nitrogens with zero attached hydrogens (tertiary/aromatic N) is 5. The van der Waals surface area contributed by atoms with Gasteiger partial charge in [-0.2, -0.15) is 0 Å². The van der Waals surface area contributed by atoms with Gasteiger partial charge in [-0.15, -0.1) is 16.4 Å². The number of nitrogens with one attached hydrogen (secondary N) is 1. The van der Waals surface area contributed by atoms with Crippen molar-refractivity contribution in [2.45, 2.75) is 30.5 Å². The number of aromatic nitrogens is 5. The fourth-order valence-corrected chi connectivity index (χ4v) is 4.09. The smallest absolute Gasteiger partial charge is 0.230 e. The molecule has 0 unspecified atom stereocenters. The van der Waals surface area contributed by atoms with E-state index >= 15 is 0 Å². The Morgan fingerprint density at radius 3 is 3.08 bits per heavy atom. The van der Waals surface area contributed by atoms with Gasteiger partial charge in [-0.05, 0) is 35.4 Å². The monoisotopic (exact) mass is 360 g/mol. The highest BCUT2D eigenvalue weighted by Crippen LogP contribution is 2.36. The van der Waals surface area contributed by atoms with Crippen LogP contribution in [0.15, 0.2) is 29.4 Å². The van der Waals surface area contributed by atoms with Crippen LogP contribution in [-0.4, -0.2) is 43.4 Å². The van der Waals surface area contributed by atoms with Crippen LogP contribution in [-0.2, 0) is 11.2 Å². The zero-order chi connectivity index (χ0) is 16.4. The lowest BCUT2D eigenvalue weighted by molar-refractivity contribution is -0.118. The fraction of sp³-hybridized carbons (Fsp3) is 0.400. The topological polar surface area (TPSA) is 85.6 Å². The summed E-state index contributed by atoms with van der Waals surface area (Å²) in [6.07, 6.45) is 2.98. The van der Waals surface area contributed by atoms with Crippen molar-refractivity contribution in [3.8, 4) is 0 Å². The molecule has 1 aliphatic carbocycles. The van der Waals surface area contributed by atoms with Gasteiger partial charge in [0.1, 0.15) is 0 Å². The number of tetrazole rings is 1. The molecule has 0 bridgehead atoms. The number of amides is 1. The van der Waals surface area contributed by atoms with Gasteiger partial charge in [-0.25, -0.2) is 9.67 Å². The molecule has 2 heterocycles. The van der Waals surface area contributed by atoms with Gasteiger partial charge in [0.2, 0.25) is 11.1 Å². The van der Waals surface area contributed by atoms with Gasteiger partial charge in [0.15, 0.2) is 0 Å². The summed E-state index contributed by atoms with van der Waals surface area (Å²) >= 11 is 3.06. The Kier molecular flexibility index (Phi) is 4.44. The number of carbonyl (C=O) groups is 1. The number of hydrogen-bond donors (Lipinski definition) is 1. The molecule has 0 radical (unpaired) electrons. The molecule has 9 heteroatoms. The third-order valence-corrected chi connectivity index (χ3v) is 5.72. The second-order valence-electron chi connectivity index (χ2n) is 5.60. The van der Waals surface area contributed by atoms with Crippen LogP contribution >= 0.6 is 23.1 Å². The number of benzene rings is 1. The van der Waals surface area contributed by atoms with Gasteiger partial charge >= 0.3 is 0 Å². The van der Waals surface area contributed by atoms with E-state index in [4.69, 9.17) is 0 Å². The highest BCUT2D eigenvalue weighted by Gasteiger charge is 2.28. The largest absolute Gasteiger partial charge is 0.355 e. The first-order chi connectivity index (χ1) is 11.8. The number of fused-ring (bicyclic) bond motifs is 1. The van der Waals surface area contributed by atoms with E-state index in [2.05, 4.69) is 31.9 Å². The van der Waals surface area contributed by atoms with Gasteiger partial charge in [0, 0.05) is 13.0 Å². The molecule has 2 aromatic heterocycles. The van der Waals surface area contributed by atoms with Gasteiger partial charge in [-0.1, -0.05) is 23.9 Å². The quantitative estimate of drug-likeness (QED) is 0.649. The zero-order valence-electron chi connectivity index (χ0n) is 12.9. The molecule has 0 atom stereocenters. The van der Waals surface area contributed by atoms with E-state index < -0.39 is 0 Å². The summed E-state index contributed by atoms with van der Waals surface area (Å²) in [5, 5.41) is 16.3. The van der Waals surface area contributed by atoms with Gasteiger partial charge in [0.05, 0.1) is 27.0 Å². The standard InChI is InChI=1S/C15H16N6OS2/c22-13(9-23-15-18-19-20-21(15)10-5-6-10)16-8-7-14-17-11-3-1-2-4-12(11)24-14/h1-4,10H,5-9H2,(H,16,22). The molecule has 3 aromatic rings. The van der Waals surface area contributed by atoms with Crippen molar-refractivity contribution in [2.24, 2.45) is 0 Å². The predicted octanol–water partition coefficient (Wildman–Crippen LogP) is 2.07. The highest BCUT2D eigenvalue weighted by atomic mass is 32.2. The van der Waals surface area contributed by atoms with Gasteiger partial charge in [-0.3, -0.25) is 4.79 Å². The Balaban J connectivity index is 1.23. The molecule has 0 aliphatic heterocycles. The lowest BCUT2D eigenvalue weighted by Gasteiger charge is -2.04. The minimum Gasteiger partial charge on any atom is -0.355 e. The molecular formula is C15H16N6OS2. The summed E-state index contributed by atoms with van der Waals surface area (Å²) in [5.41, 5.74) is 1.02. The number of carbonyl (C=O) groups excluding carboxylic acids is 1. The molecule has 0 spiro atoms. The number of thiazole rings is 1. The summed E-state index contributed by atoms with van der Waals surface area (Å²) < 4.78 is 3.00. The first-order valence-corrected chi connectivity index (χ1v) is 9.61. The molecule has 1 N–H and O–H groups in total. The number of hydrogen-bond acceptors (Lipinski definition) is 7. The van der Waals surface area contributed by atoms with Crippen molar-refractivity contribution >= 4 is 39.2 Å². The molecule has 4 rings (SSSR count). The minimum atomic E-state index is -0.00791. The summed E-state index contributed by atoms with van der Waals surface area (Å²) in [4.78, 5) is 16.5. The van der Waals surface area contributed by atoms with E-state index in [1.54, 1.807) is 11.3 Å². The van der Waals surface area contributed by atoms with Crippen molar-refractivity contribution in [3.05, 3.63) is 29.3 Å². The molecule has 1 aliphatic rings. The third-order valence-electron chi connectivity index (χ3n) is 3.69. The Bertz CT molecular complexity index is 823. The van der Waals surface area contributed by atoms with E-state index in [0.29, 0.717) is 18.3 Å². The lowest BCUT2D eigenvalue weighted by Crippen LogP contribution is -2.27. The maximum Gasteiger partial charge on any atom is 0.230 e. The van der Waals surface area contributed by atoms with Crippen LogP contribution in [0.2, 0.25) is 0 Å². The maximum absolute atomic E-state index is 12.0. The lowest BCUT2D eigenvalue weighted by atomic mass is 10.3. The van der Waals surface area contributed by atoms with Gasteiger partial charge < -0.3 is 5.32 Å². The Hall–Kier alpha value is -2.00. The van der Waals surface area contributed by atoms with E-state index in [1.807, 2.05) is 22.9 Å². The van der Waals surface area contributed by atoms with E-state index in [1.165, 1.54) is 16.5 Å². The molecule has 124 valence electrons. The van der Waals surface area contributed by atoms with Crippen molar-refractivity contribution in [1.82, 2.24) is 30.5 Å². The molecule has 24 heavy (non-hydrogen) atoms. The highest BCUT2D eigenvalue weighted by molar-refractivity contribution is 7.99. The fourth-order valence-electron chi connectivity index (χ4n) is 2.35. The summed E-state index contributed by atoms with van der Waals surface area (Å²) in [7, 11) is 0. The summed E-state index contributed by atoms with van der Waals surface area (Å²) in [6.45, 7) is 0.590. The van der Waals surface area contributed by atoms with Crippen LogP contribution in [0.5, 0.6) is 0 Å². The first-order valence-electron chi connectivity index (χ1n) is 7.81. The summed E-state index contributed by atoms with van der Waals surface area (Å²) in [6, 6.07) is 8.49. The molecule has 1 amide bonds. The van der Waals surface area contributed by atoms with Crippen molar-refractivity contribution in [2.75, 3.05) is 12.3 Å². The van der Waals surface area contributed by atoms with Crippen LogP contribution in [0.1, 0.15) is 23.9 Å². The Labute approximate surface area is 146 Å². The number of rotatable bonds is 7. The molecular weight excluding hydrogens is 344 g/mol. The molecule has 7 nitrogen and oxygen atoms in total. The third kappa shape index (κ3) is 3.57. The molecule has 0 saturated heterocycles. The second-order valence-corrected chi connectivity index (χ2v) is 7.66. The minimum absolute atomic E-state index is 0.00791. The van der Waals surface area contributed by atoms with Crippen LogP contribution in [0.3, 0.4) is 0 Å². The molecule has 1 fully saturated rings. The van der Waals surface area contributed by atoms with Crippen LogP contribution < -0.4 is 5.32 Å². The number of thioether (sulfide) groups is 1.